The van der Waals surface area contributed by atoms with Gasteiger partial charge in [0.1, 0.15) is 5.69 Å². The van der Waals surface area contributed by atoms with E-state index in [9.17, 15) is 9.90 Å². The van der Waals surface area contributed by atoms with E-state index in [1.54, 1.807) is 13.0 Å². The number of aromatic nitrogens is 2. The third kappa shape index (κ3) is 5.16. The monoisotopic (exact) mass is 534 g/mol. The maximum absolute atomic E-state index is 13.1. The Morgan fingerprint density at radius 1 is 1.21 bits per heavy atom. The molecule has 4 aliphatic rings. The predicted octanol–water partition coefficient (Wildman–Crippen LogP) is 4.34. The van der Waals surface area contributed by atoms with Crippen molar-refractivity contribution in [3.8, 4) is 11.3 Å². The number of carbonyl (C=O) groups is 1. The van der Waals surface area contributed by atoms with Crippen LogP contribution < -0.4 is 10.6 Å². The lowest BCUT2D eigenvalue weighted by molar-refractivity contribution is -0.199. The zero-order valence-electron chi connectivity index (χ0n) is 24.0. The molecule has 6 rings (SSSR count). The second-order valence-electron chi connectivity index (χ2n) is 13.0. The van der Waals surface area contributed by atoms with E-state index in [0.29, 0.717) is 34.8 Å². The highest BCUT2D eigenvalue weighted by atomic mass is 16.7. The summed E-state index contributed by atoms with van der Waals surface area (Å²) in [6, 6.07) is 10.6. The molecule has 1 aliphatic heterocycles. The Morgan fingerprint density at radius 3 is 2.56 bits per heavy atom. The number of aromatic amines is 1. The molecule has 3 aliphatic carbocycles. The Kier molecular flexibility index (Phi) is 7.46. The van der Waals surface area contributed by atoms with Crippen molar-refractivity contribution < 1.29 is 19.2 Å². The normalized spacial score (nSPS) is 29.2. The molecule has 0 radical (unpaired) electrons. The van der Waals surface area contributed by atoms with Crippen molar-refractivity contribution in [2.45, 2.75) is 90.6 Å². The average Bonchev–Trinajstić information content (AvgIpc) is 3.51. The van der Waals surface area contributed by atoms with E-state index in [1.807, 2.05) is 30.3 Å². The van der Waals surface area contributed by atoms with Crippen LogP contribution in [0.1, 0.15) is 71.3 Å². The van der Waals surface area contributed by atoms with Crippen LogP contribution in [0.5, 0.6) is 0 Å². The standard InChI is InChI=1S/C30H43BN4O4/c1-17(2)13-26(31-38-25-15-21-14-24(29(21,5)6)30(25,7)39-31)32-18(3)27(19(4)36)33-28(37)23-16-22(34-35-23)20-11-9-8-10-12-20/h8-12,16-17,19,21,24-27,32,36H,3,13-15H2,1-2,4-7H3,(H,33,37)(H,34,35)/t19-,21+,24+,25-,26+,27-,30+/m1/s1. The summed E-state index contributed by atoms with van der Waals surface area (Å²) in [5.74, 6) is 0.988. The lowest BCUT2D eigenvalue weighted by atomic mass is 9.43. The van der Waals surface area contributed by atoms with Gasteiger partial charge in [0.25, 0.3) is 5.91 Å². The van der Waals surface area contributed by atoms with Crippen molar-refractivity contribution in [2.24, 2.45) is 23.2 Å². The number of carbonyl (C=O) groups excluding carboxylic acids is 1. The van der Waals surface area contributed by atoms with Crippen molar-refractivity contribution in [3.05, 3.63) is 54.4 Å². The van der Waals surface area contributed by atoms with Crippen LogP contribution in [0.25, 0.3) is 11.3 Å². The number of benzene rings is 1. The highest BCUT2D eigenvalue weighted by molar-refractivity contribution is 6.47. The summed E-state index contributed by atoms with van der Waals surface area (Å²) in [5, 5.41) is 24.1. The van der Waals surface area contributed by atoms with Crippen LogP contribution in [-0.4, -0.2) is 58.1 Å². The number of nitrogens with one attached hydrogen (secondary N) is 3. The summed E-state index contributed by atoms with van der Waals surface area (Å²) >= 11 is 0. The van der Waals surface area contributed by atoms with Crippen LogP contribution >= 0.6 is 0 Å². The van der Waals surface area contributed by atoms with Gasteiger partial charge in [-0.3, -0.25) is 9.89 Å². The third-order valence-electron chi connectivity index (χ3n) is 9.43. The zero-order chi connectivity index (χ0) is 28.1. The van der Waals surface area contributed by atoms with Gasteiger partial charge in [0.2, 0.25) is 0 Å². The lowest BCUT2D eigenvalue weighted by Crippen LogP contribution is -2.65. The Morgan fingerprint density at radius 2 is 1.92 bits per heavy atom. The number of nitrogens with zero attached hydrogens (tertiary/aromatic N) is 1. The van der Waals surface area contributed by atoms with Crippen molar-refractivity contribution in [2.75, 3.05) is 0 Å². The zero-order valence-corrected chi connectivity index (χ0v) is 24.0. The van der Waals surface area contributed by atoms with Crippen molar-refractivity contribution in [1.82, 2.24) is 20.8 Å². The predicted molar refractivity (Wildman–Crippen MR) is 153 cm³/mol. The van der Waals surface area contributed by atoms with Gasteiger partial charge in [-0.2, -0.15) is 5.10 Å². The SMILES string of the molecule is C=C(N[C@@H](CC(C)C)B1O[C@@H]2C[C@@H]3C[C@@H](C3(C)C)[C@]2(C)O1)[C@@H](NC(=O)c1cc(-c2ccccc2)n[nH]1)[C@@H](C)O. The van der Waals surface area contributed by atoms with Gasteiger partial charge in [-0.1, -0.05) is 64.6 Å². The van der Waals surface area contributed by atoms with Gasteiger partial charge < -0.3 is 25.0 Å². The van der Waals surface area contributed by atoms with E-state index < -0.39 is 19.3 Å². The topological polar surface area (TPSA) is 108 Å². The molecule has 4 fully saturated rings. The Hall–Kier alpha value is -2.62. The fraction of sp³-hybridized carbons (Fsp3) is 0.600. The van der Waals surface area contributed by atoms with Gasteiger partial charge in [-0.25, -0.2) is 0 Å². The minimum Gasteiger partial charge on any atom is -0.404 e. The van der Waals surface area contributed by atoms with Crippen molar-refractivity contribution >= 4 is 13.0 Å². The molecule has 0 spiro atoms. The van der Waals surface area contributed by atoms with E-state index in [0.717, 1.165) is 18.4 Å². The summed E-state index contributed by atoms with van der Waals surface area (Å²) in [7, 11) is -0.430. The van der Waals surface area contributed by atoms with E-state index in [2.05, 4.69) is 62.0 Å². The third-order valence-corrected chi connectivity index (χ3v) is 9.43. The fourth-order valence-corrected chi connectivity index (χ4v) is 7.06. The van der Waals surface area contributed by atoms with Crippen molar-refractivity contribution in [3.63, 3.8) is 0 Å². The molecule has 0 unspecified atom stereocenters. The first kappa shape index (κ1) is 27.9. The quantitative estimate of drug-likeness (QED) is 0.338. The summed E-state index contributed by atoms with van der Waals surface area (Å²) in [6.07, 6.45) is 2.22. The molecule has 9 heteroatoms. The number of aliphatic hydroxyl groups is 1. The summed E-state index contributed by atoms with van der Waals surface area (Å²) in [6.45, 7) is 17.1. The molecule has 2 aromatic rings. The first-order chi connectivity index (χ1) is 18.4. The fourth-order valence-electron chi connectivity index (χ4n) is 7.06. The van der Waals surface area contributed by atoms with Gasteiger partial charge in [0, 0.05) is 11.3 Å². The van der Waals surface area contributed by atoms with Crippen LogP contribution in [0.4, 0.5) is 0 Å². The maximum Gasteiger partial charge on any atom is 0.481 e. The summed E-state index contributed by atoms with van der Waals surface area (Å²) in [5.41, 5.74) is 2.37. The lowest BCUT2D eigenvalue weighted by Gasteiger charge is -2.64. The Labute approximate surface area is 232 Å². The van der Waals surface area contributed by atoms with Crippen LogP contribution in [0.2, 0.25) is 0 Å². The second kappa shape index (κ2) is 10.4. The number of hydrogen-bond donors (Lipinski definition) is 4. The average molecular weight is 535 g/mol. The first-order valence-corrected chi connectivity index (χ1v) is 14.3. The summed E-state index contributed by atoms with van der Waals surface area (Å²) in [4.78, 5) is 13.1. The molecule has 1 amide bonds. The van der Waals surface area contributed by atoms with Crippen LogP contribution in [0.3, 0.4) is 0 Å². The molecule has 1 aromatic heterocycles. The molecule has 4 N–H and O–H groups in total. The molecule has 1 saturated heterocycles. The van der Waals surface area contributed by atoms with Crippen LogP contribution in [0, 0.1) is 23.2 Å². The minimum absolute atomic E-state index is 0.0791. The first-order valence-electron chi connectivity index (χ1n) is 14.3. The molecule has 7 atom stereocenters. The molecule has 2 bridgehead atoms. The molecular formula is C30H43BN4O4. The minimum atomic E-state index is -0.872. The molecule has 1 aromatic carbocycles. The maximum atomic E-state index is 13.1. The van der Waals surface area contributed by atoms with E-state index in [4.69, 9.17) is 9.31 Å². The molecule has 2 heterocycles. The van der Waals surface area contributed by atoms with Crippen molar-refractivity contribution in [1.29, 1.82) is 0 Å². The number of rotatable bonds is 10. The molecule has 3 saturated carbocycles. The van der Waals surface area contributed by atoms with E-state index >= 15 is 0 Å². The van der Waals surface area contributed by atoms with Crippen LogP contribution in [0.15, 0.2) is 48.7 Å². The van der Waals surface area contributed by atoms with Gasteiger partial charge >= 0.3 is 7.12 Å². The Balaban J connectivity index is 1.27. The van der Waals surface area contributed by atoms with E-state index in [1.165, 1.54) is 6.42 Å². The van der Waals surface area contributed by atoms with Gasteiger partial charge in [0.15, 0.2) is 0 Å². The molecule has 39 heavy (non-hydrogen) atoms. The highest BCUT2D eigenvalue weighted by Crippen LogP contribution is 2.65. The van der Waals surface area contributed by atoms with Gasteiger partial charge in [-0.15, -0.1) is 0 Å². The number of amides is 1. The second-order valence-corrected chi connectivity index (χ2v) is 13.0. The van der Waals surface area contributed by atoms with Crippen LogP contribution in [-0.2, 0) is 9.31 Å². The molecule has 210 valence electrons. The molecular weight excluding hydrogens is 491 g/mol. The summed E-state index contributed by atoms with van der Waals surface area (Å²) < 4.78 is 13.3. The van der Waals surface area contributed by atoms with E-state index in [-0.39, 0.29) is 29.0 Å². The largest absolute Gasteiger partial charge is 0.481 e. The molecule has 8 nitrogen and oxygen atoms in total. The van der Waals surface area contributed by atoms with Gasteiger partial charge in [-0.05, 0) is 62.3 Å². The number of aliphatic hydroxyl groups excluding tert-OH is 1. The Bertz CT molecular complexity index is 1200. The smallest absolute Gasteiger partial charge is 0.404 e. The number of H-pyrrole nitrogens is 1. The van der Waals surface area contributed by atoms with Gasteiger partial charge in [0.05, 0.1) is 35.5 Å². The highest BCUT2D eigenvalue weighted by Gasteiger charge is 2.68. The number of hydrogen-bond acceptors (Lipinski definition) is 6.